The number of anilines is 1. The Hall–Kier alpha value is -2.27. The number of thiocarbonyl (C=S) groups is 1. The number of amides is 2. The van der Waals surface area contributed by atoms with E-state index in [2.05, 4.69) is 10.3 Å². The highest BCUT2D eigenvalue weighted by Crippen LogP contribution is 2.33. The third-order valence-corrected chi connectivity index (χ3v) is 7.52. The molecule has 6 nitrogen and oxygen atoms in total. The van der Waals surface area contributed by atoms with E-state index in [1.54, 1.807) is 16.2 Å². The molecular formula is C21H19N3O3S4. The number of benzene rings is 1. The van der Waals surface area contributed by atoms with E-state index in [1.807, 2.05) is 48.7 Å². The molecule has 0 spiro atoms. The van der Waals surface area contributed by atoms with Crippen LogP contribution in [-0.2, 0) is 9.59 Å². The highest BCUT2D eigenvalue weighted by Gasteiger charge is 2.31. The molecule has 1 aliphatic rings. The molecular weight excluding hydrogens is 471 g/mol. The number of carbonyl (C=O) groups excluding carboxylic acids is 2. The van der Waals surface area contributed by atoms with E-state index >= 15 is 0 Å². The van der Waals surface area contributed by atoms with Gasteiger partial charge in [0.05, 0.1) is 21.7 Å². The zero-order valence-electron chi connectivity index (χ0n) is 16.6. The lowest BCUT2D eigenvalue weighted by Gasteiger charge is -2.13. The van der Waals surface area contributed by atoms with Gasteiger partial charge < -0.3 is 10.1 Å². The summed E-state index contributed by atoms with van der Waals surface area (Å²) in [7, 11) is 0. The minimum Gasteiger partial charge on any atom is -0.494 e. The molecule has 2 amide bonds. The lowest BCUT2D eigenvalue weighted by molar-refractivity contribution is -0.122. The number of hydrogen-bond acceptors (Lipinski definition) is 8. The third kappa shape index (κ3) is 5.32. The molecule has 1 fully saturated rings. The topological polar surface area (TPSA) is 71.5 Å². The van der Waals surface area contributed by atoms with Crippen LogP contribution >= 0.6 is 46.7 Å². The van der Waals surface area contributed by atoms with Crippen LogP contribution in [0.4, 0.5) is 5.13 Å². The maximum absolute atomic E-state index is 12.6. The number of carbonyl (C=O) groups is 2. The first-order chi connectivity index (χ1) is 15.0. The predicted octanol–water partition coefficient (Wildman–Crippen LogP) is 5.38. The van der Waals surface area contributed by atoms with E-state index in [0.717, 1.165) is 20.8 Å². The fraction of sp³-hybridized carbons (Fsp3) is 0.238. The first-order valence-electron chi connectivity index (χ1n) is 9.65. The first-order valence-corrected chi connectivity index (χ1v) is 12.6. The van der Waals surface area contributed by atoms with Gasteiger partial charge in [-0.05, 0) is 49.1 Å². The van der Waals surface area contributed by atoms with Gasteiger partial charge in [-0.25, -0.2) is 4.98 Å². The van der Waals surface area contributed by atoms with Gasteiger partial charge in [0.15, 0.2) is 5.13 Å². The molecule has 1 aliphatic heterocycles. The van der Waals surface area contributed by atoms with E-state index < -0.39 is 0 Å². The van der Waals surface area contributed by atoms with Crippen molar-refractivity contribution >= 4 is 84.2 Å². The Morgan fingerprint density at radius 2 is 2.23 bits per heavy atom. The van der Waals surface area contributed by atoms with Gasteiger partial charge in [0.25, 0.3) is 5.91 Å². The van der Waals surface area contributed by atoms with Crippen LogP contribution in [0.2, 0.25) is 0 Å². The number of nitrogens with one attached hydrogen (secondary N) is 1. The van der Waals surface area contributed by atoms with Gasteiger partial charge in [-0.3, -0.25) is 14.5 Å². The number of rotatable bonds is 8. The summed E-state index contributed by atoms with van der Waals surface area (Å²) in [4.78, 5) is 32.6. The number of thioether (sulfide) groups is 1. The van der Waals surface area contributed by atoms with E-state index in [0.29, 0.717) is 33.9 Å². The number of ether oxygens (including phenoxy) is 1. The monoisotopic (exact) mass is 489 g/mol. The van der Waals surface area contributed by atoms with Gasteiger partial charge in [0.2, 0.25) is 5.91 Å². The Balaban J connectivity index is 1.30. The molecule has 3 heterocycles. The van der Waals surface area contributed by atoms with Gasteiger partial charge in [-0.1, -0.05) is 41.4 Å². The quantitative estimate of drug-likeness (QED) is 0.339. The normalized spacial score (nSPS) is 15.3. The van der Waals surface area contributed by atoms with E-state index in [-0.39, 0.29) is 18.2 Å². The molecule has 0 radical (unpaired) electrons. The molecule has 0 atom stereocenters. The number of fused-ring (bicyclic) bond motifs is 1. The maximum Gasteiger partial charge on any atom is 0.266 e. The predicted molar refractivity (Wildman–Crippen MR) is 133 cm³/mol. The minimum atomic E-state index is -0.136. The van der Waals surface area contributed by atoms with Crippen LogP contribution in [0.15, 0.2) is 40.6 Å². The van der Waals surface area contributed by atoms with Crippen molar-refractivity contribution in [1.82, 2.24) is 9.88 Å². The molecule has 3 aromatic rings. The van der Waals surface area contributed by atoms with Gasteiger partial charge in [-0.2, -0.15) is 0 Å². The van der Waals surface area contributed by atoms with E-state index in [9.17, 15) is 9.59 Å². The minimum absolute atomic E-state index is 0.0971. The van der Waals surface area contributed by atoms with Gasteiger partial charge in [-0.15, -0.1) is 11.3 Å². The molecule has 0 unspecified atom stereocenters. The highest BCUT2D eigenvalue weighted by molar-refractivity contribution is 8.26. The number of thiophene rings is 1. The molecule has 1 N–H and O–H groups in total. The summed E-state index contributed by atoms with van der Waals surface area (Å²) in [5.74, 6) is 0.553. The van der Waals surface area contributed by atoms with Crippen molar-refractivity contribution in [2.24, 2.45) is 0 Å². The van der Waals surface area contributed by atoms with Crippen molar-refractivity contribution in [3.05, 3.63) is 45.5 Å². The summed E-state index contributed by atoms with van der Waals surface area (Å²) < 4.78 is 6.99. The van der Waals surface area contributed by atoms with Gasteiger partial charge in [0, 0.05) is 17.8 Å². The molecule has 0 saturated carbocycles. The number of aromatic nitrogens is 1. The summed E-state index contributed by atoms with van der Waals surface area (Å²) in [5.41, 5.74) is 0.818. The fourth-order valence-corrected chi connectivity index (χ4v) is 5.93. The van der Waals surface area contributed by atoms with Crippen LogP contribution in [0.3, 0.4) is 0 Å². The molecule has 10 heteroatoms. The Labute approximate surface area is 197 Å². The van der Waals surface area contributed by atoms with Crippen molar-refractivity contribution in [2.45, 2.75) is 19.8 Å². The average molecular weight is 490 g/mol. The summed E-state index contributed by atoms with van der Waals surface area (Å²) in [6, 6.07) is 9.57. The van der Waals surface area contributed by atoms with Crippen LogP contribution in [0.25, 0.3) is 16.3 Å². The third-order valence-electron chi connectivity index (χ3n) is 4.39. The Morgan fingerprint density at radius 3 is 3.00 bits per heavy atom. The number of thiazole rings is 1. The molecule has 4 rings (SSSR count). The molecule has 0 aliphatic carbocycles. The SMILES string of the molecule is CCOc1ccc2nc(NC(=O)CCCN3C(=O)/C(=C/c4cccs4)SC3=S)sc2c1. The Morgan fingerprint density at radius 1 is 1.35 bits per heavy atom. The van der Waals surface area contributed by atoms with Crippen LogP contribution < -0.4 is 10.1 Å². The molecule has 160 valence electrons. The Bertz CT molecular complexity index is 1150. The van der Waals surface area contributed by atoms with E-state index in [1.165, 1.54) is 23.1 Å². The second-order valence-corrected chi connectivity index (χ2v) is 10.3. The van der Waals surface area contributed by atoms with Crippen molar-refractivity contribution in [2.75, 3.05) is 18.5 Å². The van der Waals surface area contributed by atoms with Gasteiger partial charge in [0.1, 0.15) is 10.1 Å². The second kappa shape index (κ2) is 9.90. The molecule has 2 aromatic heterocycles. The van der Waals surface area contributed by atoms with Gasteiger partial charge >= 0.3 is 0 Å². The zero-order valence-corrected chi connectivity index (χ0v) is 19.9. The summed E-state index contributed by atoms with van der Waals surface area (Å²) in [6.45, 7) is 2.95. The number of nitrogens with zero attached hydrogens (tertiary/aromatic N) is 2. The standard InChI is InChI=1S/C21H19N3O3S4/c1-2-27-13-7-8-15-16(11-13)30-20(22-15)23-18(25)6-3-9-24-19(26)17(31-21(24)28)12-14-5-4-10-29-14/h4-5,7-8,10-12H,2-3,6,9H2,1H3,(H,22,23,25)/b17-12-. The lowest BCUT2D eigenvalue weighted by Crippen LogP contribution is -2.29. The molecule has 0 bridgehead atoms. The fourth-order valence-electron chi connectivity index (χ4n) is 2.99. The zero-order chi connectivity index (χ0) is 21.8. The lowest BCUT2D eigenvalue weighted by atomic mass is 10.2. The summed E-state index contributed by atoms with van der Waals surface area (Å²) in [5, 5.41) is 5.37. The highest BCUT2D eigenvalue weighted by atomic mass is 32.2. The first kappa shape index (κ1) is 21.9. The second-order valence-electron chi connectivity index (χ2n) is 6.58. The van der Waals surface area contributed by atoms with E-state index in [4.69, 9.17) is 17.0 Å². The number of hydrogen-bond donors (Lipinski definition) is 1. The van der Waals surface area contributed by atoms with Crippen molar-refractivity contribution in [3.63, 3.8) is 0 Å². The van der Waals surface area contributed by atoms with Crippen molar-refractivity contribution in [1.29, 1.82) is 0 Å². The summed E-state index contributed by atoms with van der Waals surface area (Å²) in [6.07, 6.45) is 2.66. The van der Waals surface area contributed by atoms with Crippen LogP contribution in [0, 0.1) is 0 Å². The van der Waals surface area contributed by atoms with Crippen LogP contribution in [0.1, 0.15) is 24.6 Å². The van der Waals surface area contributed by atoms with Crippen LogP contribution in [0.5, 0.6) is 5.75 Å². The average Bonchev–Trinajstić information content (AvgIpc) is 3.44. The largest absolute Gasteiger partial charge is 0.494 e. The molecule has 31 heavy (non-hydrogen) atoms. The molecule has 1 saturated heterocycles. The smallest absolute Gasteiger partial charge is 0.266 e. The molecule has 1 aromatic carbocycles. The van der Waals surface area contributed by atoms with Crippen LogP contribution in [-0.4, -0.2) is 39.2 Å². The maximum atomic E-state index is 12.6. The summed E-state index contributed by atoms with van der Waals surface area (Å²) >= 11 is 9.64. The van der Waals surface area contributed by atoms with Crippen molar-refractivity contribution in [3.8, 4) is 5.75 Å². The Kier molecular flexibility index (Phi) is 7.01. The van der Waals surface area contributed by atoms with Crippen molar-refractivity contribution < 1.29 is 14.3 Å².